The van der Waals surface area contributed by atoms with Crippen molar-refractivity contribution >= 4 is 10.9 Å². The monoisotopic (exact) mass is 827 g/mol. The zero-order valence-corrected chi connectivity index (χ0v) is 35.5. The third-order valence-corrected chi connectivity index (χ3v) is 12.9. The average molecular weight is 828 g/mol. The Balaban J connectivity index is 0.974. The summed E-state index contributed by atoms with van der Waals surface area (Å²) < 4.78 is 0. The first-order chi connectivity index (χ1) is 32.2. The number of pyridine rings is 1. The number of benzene rings is 9. The molecule has 0 aliphatic heterocycles. The van der Waals surface area contributed by atoms with Crippen molar-refractivity contribution in [1.82, 2.24) is 15.0 Å². The lowest BCUT2D eigenvalue weighted by Gasteiger charge is -2.34. The van der Waals surface area contributed by atoms with E-state index in [9.17, 15) is 0 Å². The zero-order chi connectivity index (χ0) is 43.2. The van der Waals surface area contributed by atoms with Crippen molar-refractivity contribution in [3.63, 3.8) is 0 Å². The van der Waals surface area contributed by atoms with Crippen LogP contribution in [0.1, 0.15) is 22.3 Å². The minimum Gasteiger partial charge on any atom is -0.248 e. The molecular formula is C62H41N3. The van der Waals surface area contributed by atoms with E-state index in [-0.39, 0.29) is 0 Å². The molecule has 0 saturated carbocycles. The van der Waals surface area contributed by atoms with E-state index in [1.54, 1.807) is 0 Å². The molecule has 11 aromatic rings. The van der Waals surface area contributed by atoms with Gasteiger partial charge in [0.2, 0.25) is 0 Å². The van der Waals surface area contributed by atoms with Gasteiger partial charge in [-0.3, -0.25) is 0 Å². The molecule has 0 unspecified atom stereocenters. The number of rotatable bonds is 8. The molecule has 0 bridgehead atoms. The number of aromatic nitrogens is 3. The van der Waals surface area contributed by atoms with Crippen molar-refractivity contribution in [2.75, 3.05) is 0 Å². The molecule has 2 heterocycles. The molecule has 3 nitrogen and oxygen atoms in total. The summed E-state index contributed by atoms with van der Waals surface area (Å²) in [6.07, 6.45) is 0. The van der Waals surface area contributed by atoms with E-state index in [1.807, 2.05) is 18.2 Å². The van der Waals surface area contributed by atoms with Crippen molar-refractivity contribution in [2.24, 2.45) is 0 Å². The van der Waals surface area contributed by atoms with Crippen LogP contribution in [0.5, 0.6) is 0 Å². The second-order valence-corrected chi connectivity index (χ2v) is 16.7. The van der Waals surface area contributed by atoms with E-state index in [2.05, 4.69) is 231 Å². The predicted octanol–water partition coefficient (Wildman–Crippen LogP) is 15.4. The lowest BCUT2D eigenvalue weighted by Crippen LogP contribution is -2.28. The fourth-order valence-corrected chi connectivity index (χ4v) is 9.96. The van der Waals surface area contributed by atoms with Crippen LogP contribution < -0.4 is 0 Å². The van der Waals surface area contributed by atoms with Gasteiger partial charge < -0.3 is 0 Å². The highest BCUT2D eigenvalue weighted by molar-refractivity contribution is 5.94. The van der Waals surface area contributed by atoms with Crippen molar-refractivity contribution in [2.45, 2.75) is 5.41 Å². The van der Waals surface area contributed by atoms with E-state index >= 15 is 0 Å². The first-order valence-electron chi connectivity index (χ1n) is 22.2. The molecule has 65 heavy (non-hydrogen) atoms. The van der Waals surface area contributed by atoms with Crippen LogP contribution in [-0.4, -0.2) is 15.0 Å². The van der Waals surface area contributed by atoms with E-state index in [1.165, 1.54) is 33.4 Å². The summed E-state index contributed by atoms with van der Waals surface area (Å²) in [5.41, 5.74) is 19.3. The maximum absolute atomic E-state index is 5.42. The fourth-order valence-electron chi connectivity index (χ4n) is 9.96. The topological polar surface area (TPSA) is 38.7 Å². The van der Waals surface area contributed by atoms with Gasteiger partial charge >= 0.3 is 0 Å². The maximum atomic E-state index is 5.42. The van der Waals surface area contributed by atoms with Gasteiger partial charge in [-0.1, -0.05) is 212 Å². The van der Waals surface area contributed by atoms with E-state index < -0.39 is 5.41 Å². The maximum Gasteiger partial charge on any atom is 0.160 e. The van der Waals surface area contributed by atoms with Crippen LogP contribution >= 0.6 is 0 Å². The number of para-hydroxylation sites is 1. The minimum atomic E-state index is -0.474. The Labute approximate surface area is 379 Å². The number of hydrogen-bond acceptors (Lipinski definition) is 3. The summed E-state index contributed by atoms with van der Waals surface area (Å²) in [6.45, 7) is 0. The molecule has 12 rings (SSSR count). The van der Waals surface area contributed by atoms with Gasteiger partial charge in [-0.15, -0.1) is 0 Å². The molecule has 0 amide bonds. The van der Waals surface area contributed by atoms with Gasteiger partial charge in [-0.05, 0) is 92.0 Å². The van der Waals surface area contributed by atoms with Crippen LogP contribution in [0.15, 0.2) is 249 Å². The molecule has 304 valence electrons. The van der Waals surface area contributed by atoms with Gasteiger partial charge in [0.1, 0.15) is 0 Å². The van der Waals surface area contributed by atoms with Crippen LogP contribution in [0, 0.1) is 0 Å². The normalized spacial score (nSPS) is 12.4. The molecule has 2 aromatic heterocycles. The minimum absolute atomic E-state index is 0.474. The van der Waals surface area contributed by atoms with Crippen molar-refractivity contribution < 1.29 is 0 Å². The molecule has 0 radical (unpaired) electrons. The largest absolute Gasteiger partial charge is 0.248 e. The van der Waals surface area contributed by atoms with Crippen molar-refractivity contribution in [1.29, 1.82) is 0 Å². The van der Waals surface area contributed by atoms with Gasteiger partial charge in [0.25, 0.3) is 0 Å². The summed E-state index contributed by atoms with van der Waals surface area (Å²) in [5, 5.41) is 1.03. The van der Waals surface area contributed by atoms with Gasteiger partial charge in [0.05, 0.1) is 28.0 Å². The summed E-state index contributed by atoms with van der Waals surface area (Å²) in [5.74, 6) is 0.678. The van der Waals surface area contributed by atoms with Crippen LogP contribution in [0.25, 0.3) is 89.4 Å². The van der Waals surface area contributed by atoms with Crippen LogP contribution in [0.3, 0.4) is 0 Å². The number of hydrogen-bond donors (Lipinski definition) is 0. The SMILES string of the molecule is c1ccc(-c2cc(-c3cccc(-c4cccc(C5(c6ccccc6)c6ccccc6-c6ccccc65)c4)c3)nc(-c3cccc(-c4nc(-c5ccccc5)c5ccccc5n4)c3)c2)cc1. The summed E-state index contributed by atoms with van der Waals surface area (Å²) in [4.78, 5) is 15.7. The van der Waals surface area contributed by atoms with Gasteiger partial charge in [0.15, 0.2) is 5.82 Å². The molecule has 0 fully saturated rings. The van der Waals surface area contributed by atoms with Crippen LogP contribution in [0.4, 0.5) is 0 Å². The second kappa shape index (κ2) is 16.0. The van der Waals surface area contributed by atoms with Gasteiger partial charge in [-0.25, -0.2) is 15.0 Å². The third kappa shape index (κ3) is 6.65. The molecule has 1 aliphatic carbocycles. The molecule has 3 heteroatoms. The highest BCUT2D eigenvalue weighted by Crippen LogP contribution is 2.56. The van der Waals surface area contributed by atoms with Gasteiger partial charge in [-0.2, -0.15) is 0 Å². The summed E-state index contributed by atoms with van der Waals surface area (Å²) >= 11 is 0. The van der Waals surface area contributed by atoms with E-state index in [0.29, 0.717) is 5.82 Å². The Hall–Kier alpha value is -8.53. The molecule has 9 aromatic carbocycles. The molecule has 0 N–H and O–H groups in total. The fraction of sp³-hybridized carbons (Fsp3) is 0.0161. The quantitative estimate of drug-likeness (QED) is 0.153. The highest BCUT2D eigenvalue weighted by atomic mass is 14.9. The molecule has 0 spiro atoms. The number of fused-ring (bicyclic) bond motifs is 4. The average Bonchev–Trinajstić information content (AvgIpc) is 3.70. The Morgan fingerprint density at radius 3 is 1.43 bits per heavy atom. The Morgan fingerprint density at radius 1 is 0.277 bits per heavy atom. The highest BCUT2D eigenvalue weighted by Gasteiger charge is 2.45. The zero-order valence-electron chi connectivity index (χ0n) is 35.5. The van der Waals surface area contributed by atoms with Crippen LogP contribution in [0.2, 0.25) is 0 Å². The summed E-state index contributed by atoms with van der Waals surface area (Å²) in [6, 6.07) is 88.8. The Kier molecular flexibility index (Phi) is 9.39. The number of nitrogens with zero attached hydrogens (tertiary/aromatic N) is 3. The second-order valence-electron chi connectivity index (χ2n) is 16.7. The van der Waals surface area contributed by atoms with Crippen molar-refractivity contribution in [3.8, 4) is 78.5 Å². The van der Waals surface area contributed by atoms with E-state index in [4.69, 9.17) is 15.0 Å². The van der Waals surface area contributed by atoms with Crippen LogP contribution in [-0.2, 0) is 5.41 Å². The molecular weight excluding hydrogens is 787 g/mol. The molecule has 0 atom stereocenters. The summed E-state index contributed by atoms with van der Waals surface area (Å²) in [7, 11) is 0. The van der Waals surface area contributed by atoms with Crippen molar-refractivity contribution in [3.05, 3.63) is 271 Å². The molecule has 0 saturated heterocycles. The Morgan fingerprint density at radius 2 is 0.754 bits per heavy atom. The van der Waals surface area contributed by atoms with E-state index in [0.717, 1.165) is 72.5 Å². The lowest BCUT2D eigenvalue weighted by molar-refractivity contribution is 0.769. The first kappa shape index (κ1) is 38.2. The molecule has 1 aliphatic rings. The smallest absolute Gasteiger partial charge is 0.160 e. The lowest BCUT2D eigenvalue weighted by atomic mass is 9.67. The third-order valence-electron chi connectivity index (χ3n) is 12.9. The van der Waals surface area contributed by atoms with Gasteiger partial charge in [0, 0.05) is 27.6 Å². The first-order valence-corrected chi connectivity index (χ1v) is 22.2. The Bertz CT molecular complexity index is 3500. The standard InChI is InChI=1S/C62H41N3/c1-4-19-42(20-5-1)49-40-58(63-59(41-49)47-26-17-27-48(38-47)61-64-57-36-15-12-33-54(57)60(65-61)43-21-6-2-7-22-43)46-25-16-23-44(37-46)45-24-18-30-51(39-45)62(50-28-8-3-9-29-50)55-34-13-10-31-52(55)53-32-11-14-35-56(53)62/h1-41H. The predicted molar refractivity (Wildman–Crippen MR) is 267 cm³/mol.